The third kappa shape index (κ3) is 32.9. The van der Waals surface area contributed by atoms with Crippen LogP contribution in [0.25, 0.3) is 0 Å². The number of rotatable bonds is 0. The number of ether oxygens (including phenoxy) is 1. The molecule has 1 N–H and O–H groups in total. The number of carbonyl (C=O) groups excluding carboxylic acids is 1. The summed E-state index contributed by atoms with van der Waals surface area (Å²) in [6.07, 6.45) is 1.79. The van der Waals surface area contributed by atoms with E-state index in [1.165, 1.54) is 6.92 Å². The number of methoxy groups -OCH3 is 1. The second-order valence-corrected chi connectivity index (χ2v) is 3.84. The van der Waals surface area contributed by atoms with Gasteiger partial charge in [0.25, 0.3) is 0 Å². The molecule has 0 saturated heterocycles. The van der Waals surface area contributed by atoms with E-state index in [4.69, 9.17) is 0 Å². The molecule has 0 spiro atoms. The van der Waals surface area contributed by atoms with Crippen LogP contribution in [0, 0.1) is 6.92 Å². The highest BCUT2D eigenvalue weighted by atomic mass is 16.4. The molecule has 0 bridgehead atoms. The molecule has 0 aliphatic heterocycles. The standard InChI is InChI=1S/C6H7N.C6H6.C3H7NO.C2H6O.C2H6/c1-6-4-2-3-5-7-6;1-2-4-6-5-3-1;1-3(5)4-2;1-3-2;1-2/h2-5H,1H3;1-6H;1-2H3,(H,4,5);1-2H3;1-2H3. The van der Waals surface area contributed by atoms with Gasteiger partial charge in [0.2, 0.25) is 5.91 Å². The van der Waals surface area contributed by atoms with Crippen molar-refractivity contribution in [3.05, 3.63) is 66.5 Å². The predicted octanol–water partition coefficient (Wildman–Crippen LogP) is 4.12. The molecule has 0 saturated carbocycles. The van der Waals surface area contributed by atoms with Crippen molar-refractivity contribution < 1.29 is 9.53 Å². The van der Waals surface area contributed by atoms with Gasteiger partial charge in [-0.3, -0.25) is 9.78 Å². The summed E-state index contributed by atoms with van der Waals surface area (Å²) in [5, 5.41) is 2.39. The van der Waals surface area contributed by atoms with Crippen LogP contribution in [-0.2, 0) is 9.53 Å². The largest absolute Gasteiger partial charge is 0.388 e. The molecule has 1 heterocycles. The molecule has 0 radical (unpaired) electrons. The molecule has 0 aliphatic rings. The van der Waals surface area contributed by atoms with Crippen molar-refractivity contribution in [3.8, 4) is 0 Å². The van der Waals surface area contributed by atoms with E-state index in [1.54, 1.807) is 27.5 Å². The Morgan fingerprint density at radius 3 is 1.43 bits per heavy atom. The molecule has 1 amide bonds. The van der Waals surface area contributed by atoms with Crippen LogP contribution in [0.1, 0.15) is 26.5 Å². The molecule has 2 aromatic rings. The maximum absolute atomic E-state index is 9.70. The lowest BCUT2D eigenvalue weighted by atomic mass is 10.4. The van der Waals surface area contributed by atoms with Crippen molar-refractivity contribution in [2.45, 2.75) is 27.7 Å². The summed E-state index contributed by atoms with van der Waals surface area (Å²) in [5.41, 5.74) is 1.07. The number of hydrogen-bond acceptors (Lipinski definition) is 3. The third-order valence-corrected chi connectivity index (χ3v) is 1.83. The minimum Gasteiger partial charge on any atom is -0.388 e. The molecule has 1 aromatic carbocycles. The lowest BCUT2D eigenvalue weighted by Gasteiger charge is -1.82. The first-order chi connectivity index (χ1) is 11.1. The van der Waals surface area contributed by atoms with Crippen LogP contribution in [-0.4, -0.2) is 32.2 Å². The van der Waals surface area contributed by atoms with Crippen LogP contribution in [0.5, 0.6) is 0 Å². The highest BCUT2D eigenvalue weighted by Gasteiger charge is 1.73. The van der Waals surface area contributed by atoms with Crippen LogP contribution in [0.4, 0.5) is 0 Å². The number of amides is 1. The van der Waals surface area contributed by atoms with Crippen molar-refractivity contribution in [2.75, 3.05) is 21.3 Å². The van der Waals surface area contributed by atoms with Gasteiger partial charge in [0.15, 0.2) is 0 Å². The quantitative estimate of drug-likeness (QED) is 0.794. The lowest BCUT2D eigenvalue weighted by molar-refractivity contribution is -0.118. The van der Waals surface area contributed by atoms with E-state index >= 15 is 0 Å². The van der Waals surface area contributed by atoms with Crippen LogP contribution in [0.2, 0.25) is 0 Å². The summed E-state index contributed by atoms with van der Waals surface area (Å²) in [5.74, 6) is 0.00463. The fraction of sp³-hybridized carbons (Fsp3) is 0.368. The first kappa shape index (κ1) is 25.7. The van der Waals surface area contributed by atoms with Crippen LogP contribution < -0.4 is 5.32 Å². The van der Waals surface area contributed by atoms with E-state index in [1.807, 2.05) is 75.4 Å². The first-order valence-corrected chi connectivity index (χ1v) is 7.54. The normalized spacial score (nSPS) is 7.26. The zero-order valence-corrected chi connectivity index (χ0v) is 15.5. The zero-order valence-electron chi connectivity index (χ0n) is 15.5. The topological polar surface area (TPSA) is 51.2 Å². The third-order valence-electron chi connectivity index (χ3n) is 1.83. The molecule has 0 fully saturated rings. The van der Waals surface area contributed by atoms with Crippen molar-refractivity contribution >= 4 is 5.91 Å². The van der Waals surface area contributed by atoms with Gasteiger partial charge in [0.05, 0.1) is 0 Å². The molecule has 0 aliphatic carbocycles. The Balaban J connectivity index is -0.000000232. The van der Waals surface area contributed by atoms with Gasteiger partial charge >= 0.3 is 0 Å². The van der Waals surface area contributed by atoms with Gasteiger partial charge in [-0.25, -0.2) is 0 Å². The Labute approximate surface area is 141 Å². The average molecular weight is 320 g/mol. The van der Waals surface area contributed by atoms with Crippen LogP contribution in [0.15, 0.2) is 60.8 Å². The van der Waals surface area contributed by atoms with Gasteiger partial charge < -0.3 is 10.1 Å². The Morgan fingerprint density at radius 2 is 1.30 bits per heavy atom. The fourth-order valence-corrected chi connectivity index (χ4v) is 0.833. The predicted molar refractivity (Wildman–Crippen MR) is 99.4 cm³/mol. The number of carbonyl (C=O) groups is 1. The smallest absolute Gasteiger partial charge is 0.216 e. The molecular weight excluding hydrogens is 288 g/mol. The van der Waals surface area contributed by atoms with E-state index in [2.05, 4.69) is 15.0 Å². The SMILES string of the molecule is CC.CNC(C)=O.COC.Cc1ccccn1.c1ccccc1. The molecule has 23 heavy (non-hydrogen) atoms. The summed E-state index contributed by atoms with van der Waals surface area (Å²) in [7, 11) is 4.85. The van der Waals surface area contributed by atoms with Crippen LogP contribution in [0.3, 0.4) is 0 Å². The van der Waals surface area contributed by atoms with Crippen molar-refractivity contribution in [2.24, 2.45) is 0 Å². The number of aryl methyl sites for hydroxylation is 1. The second-order valence-electron chi connectivity index (χ2n) is 3.84. The van der Waals surface area contributed by atoms with Gasteiger partial charge in [-0.15, -0.1) is 0 Å². The maximum atomic E-state index is 9.70. The fourth-order valence-electron chi connectivity index (χ4n) is 0.833. The molecular formula is C19H32N2O2. The minimum absolute atomic E-state index is 0.00463. The summed E-state index contributed by atoms with van der Waals surface area (Å²) in [6.45, 7) is 7.44. The van der Waals surface area contributed by atoms with Crippen LogP contribution >= 0.6 is 0 Å². The molecule has 1 aromatic heterocycles. The van der Waals surface area contributed by atoms with E-state index in [0.29, 0.717) is 0 Å². The minimum atomic E-state index is 0.00463. The summed E-state index contributed by atoms with van der Waals surface area (Å²) in [4.78, 5) is 13.7. The van der Waals surface area contributed by atoms with Gasteiger partial charge in [-0.1, -0.05) is 56.3 Å². The Hall–Kier alpha value is -2.20. The maximum Gasteiger partial charge on any atom is 0.216 e. The van der Waals surface area contributed by atoms with Crippen molar-refractivity contribution in [1.82, 2.24) is 10.3 Å². The number of benzene rings is 1. The Bertz CT molecular complexity index is 393. The zero-order chi connectivity index (χ0) is 18.3. The summed E-state index contributed by atoms with van der Waals surface area (Å²) < 4.78 is 4.25. The summed E-state index contributed by atoms with van der Waals surface area (Å²) >= 11 is 0. The highest BCUT2D eigenvalue weighted by molar-refractivity contribution is 5.72. The van der Waals surface area contributed by atoms with E-state index in [9.17, 15) is 4.79 Å². The van der Waals surface area contributed by atoms with E-state index in [-0.39, 0.29) is 5.91 Å². The van der Waals surface area contributed by atoms with E-state index in [0.717, 1.165) is 5.69 Å². The first-order valence-electron chi connectivity index (χ1n) is 7.54. The average Bonchev–Trinajstić information content (AvgIpc) is 2.61. The molecule has 2 rings (SSSR count). The second kappa shape index (κ2) is 24.8. The lowest BCUT2D eigenvalue weighted by Crippen LogP contribution is -2.11. The number of nitrogens with one attached hydrogen (secondary N) is 1. The number of aromatic nitrogens is 1. The van der Waals surface area contributed by atoms with E-state index < -0.39 is 0 Å². The molecule has 0 unspecified atom stereocenters. The van der Waals surface area contributed by atoms with Gasteiger partial charge in [0, 0.05) is 40.1 Å². The monoisotopic (exact) mass is 320 g/mol. The number of hydrogen-bond donors (Lipinski definition) is 1. The molecule has 130 valence electrons. The molecule has 4 nitrogen and oxygen atoms in total. The van der Waals surface area contributed by atoms with Gasteiger partial charge in [-0.2, -0.15) is 0 Å². The van der Waals surface area contributed by atoms with Crippen molar-refractivity contribution in [3.63, 3.8) is 0 Å². The van der Waals surface area contributed by atoms with Gasteiger partial charge in [-0.05, 0) is 19.1 Å². The Kier molecular flexibility index (Phi) is 27.7. The van der Waals surface area contributed by atoms with Crippen molar-refractivity contribution in [1.29, 1.82) is 0 Å². The molecule has 0 atom stereocenters. The Morgan fingerprint density at radius 1 is 0.957 bits per heavy atom. The number of pyridine rings is 1. The highest BCUT2D eigenvalue weighted by Crippen LogP contribution is 1.86. The molecule has 4 heteroatoms. The number of nitrogens with zero attached hydrogens (tertiary/aromatic N) is 1. The van der Waals surface area contributed by atoms with Gasteiger partial charge in [0.1, 0.15) is 0 Å². The summed E-state index contributed by atoms with van der Waals surface area (Å²) in [6, 6.07) is 17.9.